The van der Waals surface area contributed by atoms with Crippen LogP contribution in [-0.2, 0) is 6.18 Å². The van der Waals surface area contributed by atoms with E-state index in [2.05, 4.69) is 10.4 Å². The van der Waals surface area contributed by atoms with Crippen LogP contribution >= 0.6 is 0 Å². The van der Waals surface area contributed by atoms with Crippen LogP contribution in [0.5, 0.6) is 0 Å². The molecule has 7 heteroatoms. The molecule has 0 bridgehead atoms. The highest BCUT2D eigenvalue weighted by Crippen LogP contribution is 2.29. The lowest BCUT2D eigenvalue weighted by molar-refractivity contribution is -0.137. The number of hydrogen-bond donors (Lipinski definition) is 1. The van der Waals surface area contributed by atoms with Gasteiger partial charge in [0.05, 0.1) is 11.3 Å². The molecule has 0 atom stereocenters. The van der Waals surface area contributed by atoms with Gasteiger partial charge in [0.2, 0.25) is 0 Å². The quantitative estimate of drug-likeness (QED) is 0.784. The van der Waals surface area contributed by atoms with Crippen LogP contribution in [0.15, 0.2) is 66.9 Å². The van der Waals surface area contributed by atoms with Crippen LogP contribution < -0.4 is 5.32 Å². The first-order valence-electron chi connectivity index (χ1n) is 7.03. The lowest BCUT2D eigenvalue weighted by atomic mass is 10.1. The van der Waals surface area contributed by atoms with Gasteiger partial charge in [-0.3, -0.25) is 4.79 Å². The fourth-order valence-corrected chi connectivity index (χ4v) is 2.11. The normalized spacial score (nSPS) is 11.3. The minimum absolute atomic E-state index is 0.122. The maximum absolute atomic E-state index is 12.5. The van der Waals surface area contributed by atoms with E-state index in [0.29, 0.717) is 5.82 Å². The van der Waals surface area contributed by atoms with Gasteiger partial charge < -0.3 is 5.32 Å². The van der Waals surface area contributed by atoms with Crippen molar-refractivity contribution in [3.05, 3.63) is 78.0 Å². The molecule has 2 aromatic carbocycles. The van der Waals surface area contributed by atoms with E-state index >= 15 is 0 Å². The van der Waals surface area contributed by atoms with E-state index in [9.17, 15) is 18.0 Å². The van der Waals surface area contributed by atoms with Crippen LogP contribution in [0.4, 0.5) is 19.0 Å². The largest absolute Gasteiger partial charge is 0.416 e. The second kappa shape index (κ2) is 6.19. The van der Waals surface area contributed by atoms with E-state index in [0.717, 1.165) is 30.0 Å². The Hall–Kier alpha value is -3.09. The Bertz CT molecular complexity index is 840. The number of benzene rings is 2. The van der Waals surface area contributed by atoms with Gasteiger partial charge in [-0.05, 0) is 36.4 Å². The van der Waals surface area contributed by atoms with Crippen LogP contribution in [0.2, 0.25) is 0 Å². The number of hydrogen-bond acceptors (Lipinski definition) is 2. The van der Waals surface area contributed by atoms with E-state index in [1.807, 2.05) is 30.3 Å². The summed E-state index contributed by atoms with van der Waals surface area (Å²) in [6.45, 7) is 0. The molecule has 0 unspecified atom stereocenters. The first kappa shape index (κ1) is 15.8. The number of anilines is 1. The number of aromatic nitrogens is 2. The van der Waals surface area contributed by atoms with Crippen LogP contribution in [-0.4, -0.2) is 15.7 Å². The molecule has 1 aromatic heterocycles. The molecular weight excluding hydrogens is 319 g/mol. The van der Waals surface area contributed by atoms with E-state index in [-0.39, 0.29) is 5.56 Å². The fourth-order valence-electron chi connectivity index (χ4n) is 2.11. The zero-order valence-electron chi connectivity index (χ0n) is 12.3. The van der Waals surface area contributed by atoms with Crippen molar-refractivity contribution in [3.8, 4) is 5.69 Å². The second-order valence-corrected chi connectivity index (χ2v) is 5.01. The molecule has 0 aliphatic rings. The summed E-state index contributed by atoms with van der Waals surface area (Å²) >= 11 is 0. The standard InChI is InChI=1S/C17H12F3N3O/c18-17(19,20)13-8-6-12(7-9-13)16(24)21-15-10-11-23(22-15)14-4-2-1-3-5-14/h1-11H,(H,21,22,24). The molecule has 24 heavy (non-hydrogen) atoms. The molecule has 0 fully saturated rings. The third-order valence-electron chi connectivity index (χ3n) is 3.33. The number of nitrogens with one attached hydrogen (secondary N) is 1. The van der Waals surface area contributed by atoms with Crippen molar-refractivity contribution in [1.29, 1.82) is 0 Å². The summed E-state index contributed by atoms with van der Waals surface area (Å²) in [6, 6.07) is 14.9. The number of carbonyl (C=O) groups is 1. The van der Waals surface area contributed by atoms with E-state index < -0.39 is 17.6 Å². The molecule has 1 N–H and O–H groups in total. The molecule has 0 spiro atoms. The number of halogens is 3. The van der Waals surface area contributed by atoms with Gasteiger partial charge in [-0.1, -0.05) is 18.2 Å². The summed E-state index contributed by atoms with van der Waals surface area (Å²) in [6.07, 6.45) is -2.75. The lowest BCUT2D eigenvalue weighted by Crippen LogP contribution is -2.13. The molecule has 4 nitrogen and oxygen atoms in total. The maximum atomic E-state index is 12.5. The van der Waals surface area contributed by atoms with Crippen molar-refractivity contribution in [2.45, 2.75) is 6.18 Å². The van der Waals surface area contributed by atoms with Crippen molar-refractivity contribution in [3.63, 3.8) is 0 Å². The van der Waals surface area contributed by atoms with Crippen molar-refractivity contribution in [2.24, 2.45) is 0 Å². The average molecular weight is 331 g/mol. The smallest absolute Gasteiger partial charge is 0.305 e. The lowest BCUT2D eigenvalue weighted by Gasteiger charge is -2.07. The van der Waals surface area contributed by atoms with Gasteiger partial charge in [0.1, 0.15) is 0 Å². The second-order valence-electron chi connectivity index (χ2n) is 5.01. The monoisotopic (exact) mass is 331 g/mol. The third kappa shape index (κ3) is 3.45. The summed E-state index contributed by atoms with van der Waals surface area (Å²) < 4.78 is 39.1. The number of para-hydroxylation sites is 1. The number of nitrogens with zero attached hydrogens (tertiary/aromatic N) is 2. The molecule has 0 saturated heterocycles. The summed E-state index contributed by atoms with van der Waals surface area (Å²) in [7, 11) is 0. The SMILES string of the molecule is O=C(Nc1ccn(-c2ccccc2)n1)c1ccc(C(F)(F)F)cc1. The van der Waals surface area contributed by atoms with Crippen LogP contribution in [0.1, 0.15) is 15.9 Å². The fraction of sp³-hybridized carbons (Fsp3) is 0.0588. The summed E-state index contributed by atoms with van der Waals surface area (Å²) in [5, 5.41) is 6.76. The first-order valence-corrected chi connectivity index (χ1v) is 7.03. The third-order valence-corrected chi connectivity index (χ3v) is 3.33. The van der Waals surface area contributed by atoms with Crippen molar-refractivity contribution < 1.29 is 18.0 Å². The minimum atomic E-state index is -4.43. The molecule has 0 radical (unpaired) electrons. The highest BCUT2D eigenvalue weighted by molar-refractivity contribution is 6.03. The van der Waals surface area contributed by atoms with Crippen molar-refractivity contribution >= 4 is 11.7 Å². The topological polar surface area (TPSA) is 46.9 Å². The Morgan fingerprint density at radius 1 is 0.958 bits per heavy atom. The van der Waals surface area contributed by atoms with E-state index in [1.54, 1.807) is 16.9 Å². The van der Waals surface area contributed by atoms with Gasteiger partial charge in [0.15, 0.2) is 5.82 Å². The first-order chi connectivity index (χ1) is 11.4. The molecule has 3 rings (SSSR count). The van der Waals surface area contributed by atoms with Crippen LogP contribution in [0.25, 0.3) is 5.69 Å². The molecule has 1 heterocycles. The number of amides is 1. The van der Waals surface area contributed by atoms with Crippen molar-refractivity contribution in [1.82, 2.24) is 9.78 Å². The minimum Gasteiger partial charge on any atom is -0.305 e. The molecule has 122 valence electrons. The van der Waals surface area contributed by atoms with Crippen LogP contribution in [0.3, 0.4) is 0 Å². The number of alkyl halides is 3. The highest BCUT2D eigenvalue weighted by atomic mass is 19.4. The van der Waals surface area contributed by atoms with E-state index in [4.69, 9.17) is 0 Å². The average Bonchev–Trinajstić information content (AvgIpc) is 3.03. The highest BCUT2D eigenvalue weighted by Gasteiger charge is 2.30. The van der Waals surface area contributed by atoms with Gasteiger partial charge in [-0.15, -0.1) is 0 Å². The molecule has 0 saturated carbocycles. The number of rotatable bonds is 3. The van der Waals surface area contributed by atoms with Gasteiger partial charge >= 0.3 is 6.18 Å². The molecule has 0 aliphatic heterocycles. The molecular formula is C17H12F3N3O. The summed E-state index contributed by atoms with van der Waals surface area (Å²) in [5.41, 5.74) is 0.150. The Labute approximate surface area is 135 Å². The predicted octanol–water partition coefficient (Wildman–Crippen LogP) is 4.14. The molecule has 0 aliphatic carbocycles. The summed E-state index contributed by atoms with van der Waals surface area (Å²) in [5.74, 6) is -0.217. The van der Waals surface area contributed by atoms with E-state index in [1.165, 1.54) is 0 Å². The Kier molecular flexibility index (Phi) is 4.07. The molecule has 3 aromatic rings. The Morgan fingerprint density at radius 3 is 2.25 bits per heavy atom. The number of carbonyl (C=O) groups excluding carboxylic acids is 1. The van der Waals surface area contributed by atoms with Gasteiger partial charge in [0.25, 0.3) is 5.91 Å². The predicted molar refractivity (Wildman–Crippen MR) is 83.0 cm³/mol. The van der Waals surface area contributed by atoms with Crippen molar-refractivity contribution in [2.75, 3.05) is 5.32 Å². The molecule has 1 amide bonds. The zero-order chi connectivity index (χ0) is 17.2. The van der Waals surface area contributed by atoms with Gasteiger partial charge in [-0.2, -0.15) is 18.3 Å². The zero-order valence-corrected chi connectivity index (χ0v) is 12.3. The maximum Gasteiger partial charge on any atom is 0.416 e. The Balaban J connectivity index is 1.72. The summed E-state index contributed by atoms with van der Waals surface area (Å²) in [4.78, 5) is 12.1. The Morgan fingerprint density at radius 2 is 1.62 bits per heavy atom. The van der Waals surface area contributed by atoms with Crippen LogP contribution in [0, 0.1) is 0 Å². The van der Waals surface area contributed by atoms with Gasteiger partial charge in [0, 0.05) is 17.8 Å². The van der Waals surface area contributed by atoms with Gasteiger partial charge in [-0.25, -0.2) is 4.68 Å².